The Balaban J connectivity index is 0.000000378. The van der Waals surface area contributed by atoms with Crippen LogP contribution in [-0.2, 0) is 11.3 Å². The third-order valence-electron chi connectivity index (χ3n) is 3.66. The van der Waals surface area contributed by atoms with Gasteiger partial charge >= 0.3 is 0 Å². The summed E-state index contributed by atoms with van der Waals surface area (Å²) in [6, 6.07) is 4.33. The summed E-state index contributed by atoms with van der Waals surface area (Å²) in [7, 11) is 0. The van der Waals surface area contributed by atoms with Crippen LogP contribution in [0.3, 0.4) is 0 Å². The summed E-state index contributed by atoms with van der Waals surface area (Å²) >= 11 is 0. The van der Waals surface area contributed by atoms with Crippen molar-refractivity contribution in [1.82, 2.24) is 19.2 Å². The largest absolute Gasteiger partial charge is 0.483 e. The Bertz CT molecular complexity index is 787. The second-order valence-electron chi connectivity index (χ2n) is 5.56. The molecule has 0 aromatic carbocycles. The number of carboxylic acid groups (broad SMARTS) is 1. The molecule has 1 aliphatic carbocycles. The van der Waals surface area contributed by atoms with E-state index >= 15 is 0 Å². The first-order valence-electron chi connectivity index (χ1n) is 8.24. The van der Waals surface area contributed by atoms with Crippen molar-refractivity contribution in [3.8, 4) is 0 Å². The number of nitrogens with zero attached hydrogens (tertiary/aromatic N) is 4. The zero-order valence-corrected chi connectivity index (χ0v) is 14.4. The van der Waals surface area contributed by atoms with Crippen molar-refractivity contribution in [1.29, 1.82) is 0 Å². The van der Waals surface area contributed by atoms with Crippen molar-refractivity contribution >= 4 is 12.1 Å². The van der Waals surface area contributed by atoms with Gasteiger partial charge in [-0.1, -0.05) is 19.9 Å². The summed E-state index contributed by atoms with van der Waals surface area (Å²) in [6.45, 7) is 6.53. The van der Waals surface area contributed by atoms with E-state index in [4.69, 9.17) is 9.90 Å². The molecular formula is C18H24N4O2. The highest BCUT2D eigenvalue weighted by molar-refractivity contribution is 5.42. The highest BCUT2D eigenvalue weighted by Gasteiger charge is 2.23. The van der Waals surface area contributed by atoms with Crippen LogP contribution in [0.1, 0.15) is 49.4 Å². The van der Waals surface area contributed by atoms with Crippen LogP contribution in [0.25, 0.3) is 5.65 Å². The molecular weight excluding hydrogens is 304 g/mol. The molecule has 0 radical (unpaired) electrons. The van der Waals surface area contributed by atoms with Crippen molar-refractivity contribution in [2.45, 2.75) is 46.1 Å². The molecule has 1 N–H and O–H groups in total. The summed E-state index contributed by atoms with van der Waals surface area (Å²) in [5.74, 6) is 0.781. The maximum Gasteiger partial charge on any atom is 0.290 e. The zero-order chi connectivity index (χ0) is 17.5. The Hall–Kier alpha value is -2.63. The maximum atomic E-state index is 8.36. The summed E-state index contributed by atoms with van der Waals surface area (Å²) in [5.41, 5.74) is 4.69. The number of fused-ring (bicyclic) bond motifs is 1. The van der Waals surface area contributed by atoms with Gasteiger partial charge in [-0.15, -0.1) is 0 Å². The topological polar surface area (TPSA) is 72.4 Å². The van der Waals surface area contributed by atoms with Gasteiger partial charge in [0, 0.05) is 18.6 Å². The number of imidazole rings is 1. The van der Waals surface area contributed by atoms with Crippen molar-refractivity contribution < 1.29 is 9.90 Å². The van der Waals surface area contributed by atoms with Gasteiger partial charge in [0.05, 0.1) is 18.4 Å². The lowest BCUT2D eigenvalue weighted by Gasteiger charge is -1.98. The van der Waals surface area contributed by atoms with E-state index in [1.807, 2.05) is 30.9 Å². The Morgan fingerprint density at radius 3 is 2.54 bits per heavy atom. The average Bonchev–Trinajstić information content (AvgIpc) is 3.24. The molecule has 3 aromatic heterocycles. The third-order valence-corrected chi connectivity index (χ3v) is 3.66. The second-order valence-corrected chi connectivity index (χ2v) is 5.56. The lowest BCUT2D eigenvalue weighted by atomic mass is 10.2. The van der Waals surface area contributed by atoms with Gasteiger partial charge in [-0.05, 0) is 42.9 Å². The van der Waals surface area contributed by atoms with Crippen LogP contribution in [0.2, 0.25) is 0 Å². The monoisotopic (exact) mass is 328 g/mol. The van der Waals surface area contributed by atoms with Gasteiger partial charge in [-0.2, -0.15) is 5.10 Å². The van der Waals surface area contributed by atoms with Crippen LogP contribution in [0.15, 0.2) is 36.9 Å². The van der Waals surface area contributed by atoms with E-state index in [9.17, 15) is 0 Å². The molecule has 1 saturated carbocycles. The molecule has 0 aliphatic heterocycles. The minimum atomic E-state index is -0.250. The molecule has 0 spiro atoms. The molecule has 3 aromatic rings. The molecule has 6 heteroatoms. The van der Waals surface area contributed by atoms with E-state index in [1.54, 1.807) is 0 Å². The van der Waals surface area contributed by atoms with Crippen LogP contribution < -0.4 is 0 Å². The van der Waals surface area contributed by atoms with E-state index in [1.165, 1.54) is 24.0 Å². The summed E-state index contributed by atoms with van der Waals surface area (Å²) in [5, 5.41) is 11.2. The first-order valence-corrected chi connectivity index (χ1v) is 8.24. The lowest BCUT2D eigenvalue weighted by Crippen LogP contribution is -1.99. The number of pyridine rings is 1. The third kappa shape index (κ3) is 4.44. The van der Waals surface area contributed by atoms with Gasteiger partial charge < -0.3 is 9.51 Å². The number of hydrogen-bond donors (Lipinski definition) is 1. The minimum Gasteiger partial charge on any atom is -0.483 e. The Morgan fingerprint density at radius 2 is 1.96 bits per heavy atom. The molecule has 3 heterocycles. The molecule has 0 bridgehead atoms. The molecule has 0 amide bonds. The quantitative estimate of drug-likeness (QED) is 0.747. The molecule has 4 rings (SSSR count). The van der Waals surface area contributed by atoms with E-state index in [0.29, 0.717) is 0 Å². The first-order chi connectivity index (χ1) is 11.7. The van der Waals surface area contributed by atoms with Crippen LogP contribution >= 0.6 is 0 Å². The lowest BCUT2D eigenvalue weighted by molar-refractivity contribution is -0.122. The van der Waals surface area contributed by atoms with Gasteiger partial charge in [-0.25, -0.2) is 4.98 Å². The highest BCUT2D eigenvalue weighted by atomic mass is 16.3. The standard InChI is InChI=1S/C15H16N4.C2H6.CH2O2/c1-11-6-16-19(7-11)10-14-9-18-8-13(12-2-3-12)4-5-15(18)17-14;1-2;2-1-3/h4-9,12H,2-3,10H2,1H3;1-2H3;1H,(H,2,3). The first kappa shape index (κ1) is 17.7. The van der Waals surface area contributed by atoms with E-state index in [-0.39, 0.29) is 6.47 Å². The SMILES string of the molecule is CC.Cc1cnn(Cc2cn3cc(C4CC4)ccc3n2)c1.O=CO. The molecule has 6 nitrogen and oxygen atoms in total. The number of hydrogen-bond acceptors (Lipinski definition) is 3. The molecule has 0 saturated heterocycles. The fourth-order valence-electron chi connectivity index (χ4n) is 2.52. The predicted molar refractivity (Wildman–Crippen MR) is 93.3 cm³/mol. The molecule has 128 valence electrons. The van der Waals surface area contributed by atoms with Gasteiger partial charge in [0.25, 0.3) is 6.47 Å². The van der Waals surface area contributed by atoms with Crippen LogP contribution in [0.4, 0.5) is 0 Å². The Labute approximate surface area is 141 Å². The van der Waals surface area contributed by atoms with Crippen molar-refractivity contribution in [3.63, 3.8) is 0 Å². The number of rotatable bonds is 3. The van der Waals surface area contributed by atoms with Crippen molar-refractivity contribution in [2.75, 3.05) is 0 Å². The van der Waals surface area contributed by atoms with Crippen molar-refractivity contribution in [2.24, 2.45) is 0 Å². The predicted octanol–water partition coefficient (Wildman–Crippen LogP) is 3.49. The van der Waals surface area contributed by atoms with E-state index in [2.05, 4.69) is 45.9 Å². The normalized spacial score (nSPS) is 12.8. The fraction of sp³-hybridized carbons (Fsp3) is 0.389. The average molecular weight is 328 g/mol. The van der Waals surface area contributed by atoms with Gasteiger partial charge in [0.1, 0.15) is 5.65 Å². The summed E-state index contributed by atoms with van der Waals surface area (Å²) in [6.07, 6.45) is 10.9. The Morgan fingerprint density at radius 1 is 1.25 bits per heavy atom. The fourth-order valence-corrected chi connectivity index (χ4v) is 2.52. The van der Waals surface area contributed by atoms with E-state index in [0.717, 1.165) is 23.8 Å². The highest BCUT2D eigenvalue weighted by Crippen LogP contribution is 2.39. The van der Waals surface area contributed by atoms with Gasteiger partial charge in [0.15, 0.2) is 0 Å². The number of aromatic nitrogens is 4. The second kappa shape index (κ2) is 8.29. The molecule has 1 fully saturated rings. The summed E-state index contributed by atoms with van der Waals surface area (Å²) < 4.78 is 4.07. The minimum absolute atomic E-state index is 0.250. The smallest absolute Gasteiger partial charge is 0.290 e. The van der Waals surface area contributed by atoms with Crippen molar-refractivity contribution in [3.05, 3.63) is 53.7 Å². The summed E-state index contributed by atoms with van der Waals surface area (Å²) in [4.78, 5) is 13.0. The molecule has 24 heavy (non-hydrogen) atoms. The van der Waals surface area contributed by atoms with Crippen LogP contribution in [-0.4, -0.2) is 30.7 Å². The van der Waals surface area contributed by atoms with Crippen LogP contribution in [0.5, 0.6) is 0 Å². The number of aryl methyl sites for hydroxylation is 1. The maximum absolute atomic E-state index is 8.36. The molecule has 1 aliphatic rings. The van der Waals surface area contributed by atoms with E-state index < -0.39 is 0 Å². The molecule has 0 atom stereocenters. The van der Waals surface area contributed by atoms with Gasteiger partial charge in [-0.3, -0.25) is 9.48 Å². The number of carbonyl (C=O) groups is 1. The molecule has 0 unspecified atom stereocenters. The Kier molecular flexibility index (Phi) is 6.12. The van der Waals surface area contributed by atoms with Gasteiger partial charge in [0.2, 0.25) is 0 Å². The zero-order valence-electron chi connectivity index (χ0n) is 14.4. The van der Waals surface area contributed by atoms with Crippen LogP contribution in [0, 0.1) is 6.92 Å².